The summed E-state index contributed by atoms with van der Waals surface area (Å²) >= 11 is 18.8. The van der Waals surface area contributed by atoms with Gasteiger partial charge < -0.3 is 9.26 Å². The molecule has 1 amide bonds. The molecule has 0 saturated heterocycles. The van der Waals surface area contributed by atoms with Gasteiger partial charge in [-0.25, -0.2) is 9.48 Å². The Bertz CT molecular complexity index is 1130. The van der Waals surface area contributed by atoms with Crippen LogP contribution in [0.3, 0.4) is 0 Å². The highest BCUT2D eigenvalue weighted by Crippen LogP contribution is 2.28. The number of hydrogen-bond acceptors (Lipinski definition) is 6. The van der Waals surface area contributed by atoms with Crippen molar-refractivity contribution in [2.45, 2.75) is 20.4 Å². The molecular weight excluding hydrogens is 467 g/mol. The number of benzene rings is 1. The Morgan fingerprint density at radius 2 is 1.94 bits per heavy atom. The summed E-state index contributed by atoms with van der Waals surface area (Å²) in [6.07, 6.45) is 2.63. The quantitative estimate of drug-likeness (QED) is 0.386. The van der Waals surface area contributed by atoms with Crippen molar-refractivity contribution in [2.75, 3.05) is 11.9 Å². The molecule has 0 atom stereocenters. The summed E-state index contributed by atoms with van der Waals surface area (Å²) in [7, 11) is 0. The van der Waals surface area contributed by atoms with Crippen molar-refractivity contribution >= 4 is 58.6 Å². The van der Waals surface area contributed by atoms with E-state index in [2.05, 4.69) is 15.6 Å². The largest absolute Gasteiger partial charge is 0.452 e. The van der Waals surface area contributed by atoms with Crippen molar-refractivity contribution < 1.29 is 18.8 Å². The third kappa shape index (κ3) is 5.88. The van der Waals surface area contributed by atoms with Gasteiger partial charge in [0.2, 0.25) is 5.88 Å². The second kappa shape index (κ2) is 10.00. The van der Waals surface area contributed by atoms with Gasteiger partial charge in [0.05, 0.1) is 17.9 Å². The van der Waals surface area contributed by atoms with Crippen molar-refractivity contribution in [1.82, 2.24) is 14.9 Å². The highest BCUT2D eigenvalue weighted by molar-refractivity contribution is 6.36. The van der Waals surface area contributed by atoms with Gasteiger partial charge in [-0.1, -0.05) is 46.0 Å². The lowest BCUT2D eigenvalue weighted by molar-refractivity contribution is -0.142. The first-order valence-electron chi connectivity index (χ1n) is 8.98. The van der Waals surface area contributed by atoms with E-state index in [1.54, 1.807) is 32.0 Å². The van der Waals surface area contributed by atoms with E-state index in [-0.39, 0.29) is 12.4 Å². The number of halogens is 3. The van der Waals surface area contributed by atoms with Gasteiger partial charge in [0.25, 0.3) is 5.91 Å². The van der Waals surface area contributed by atoms with Crippen LogP contribution in [0.1, 0.15) is 22.5 Å². The number of nitrogens with one attached hydrogen (secondary N) is 1. The normalized spacial score (nSPS) is 11.1. The summed E-state index contributed by atoms with van der Waals surface area (Å²) in [5.41, 5.74) is 2.41. The van der Waals surface area contributed by atoms with Crippen molar-refractivity contribution in [3.63, 3.8) is 0 Å². The second-order valence-corrected chi connectivity index (χ2v) is 7.64. The van der Waals surface area contributed by atoms with E-state index in [1.165, 1.54) is 16.8 Å². The molecule has 1 N–H and O–H groups in total. The Kier molecular flexibility index (Phi) is 7.37. The Morgan fingerprint density at radius 3 is 2.58 bits per heavy atom. The SMILES string of the molecule is Cc1cc(NC(=O)COC(=O)C=Cc2c(C)nn(Cc3c(Cl)cccc3Cl)c2Cl)on1. The van der Waals surface area contributed by atoms with Gasteiger partial charge in [0, 0.05) is 33.3 Å². The molecule has 0 unspecified atom stereocenters. The molecule has 8 nitrogen and oxygen atoms in total. The van der Waals surface area contributed by atoms with Crippen LogP contribution in [0.2, 0.25) is 15.2 Å². The first kappa shape index (κ1) is 22.9. The number of carbonyl (C=O) groups excluding carboxylic acids is 2. The molecule has 0 bridgehead atoms. The fourth-order valence-electron chi connectivity index (χ4n) is 2.63. The molecular formula is C20H17Cl3N4O4. The number of esters is 1. The average molecular weight is 484 g/mol. The number of hydrogen-bond donors (Lipinski definition) is 1. The van der Waals surface area contributed by atoms with E-state index in [0.29, 0.717) is 37.7 Å². The van der Waals surface area contributed by atoms with E-state index < -0.39 is 18.5 Å². The summed E-state index contributed by atoms with van der Waals surface area (Å²) in [5, 5.41) is 11.7. The predicted octanol–water partition coefficient (Wildman–Crippen LogP) is 4.69. The lowest BCUT2D eigenvalue weighted by Crippen LogP contribution is -2.19. The van der Waals surface area contributed by atoms with Gasteiger partial charge in [0.15, 0.2) is 6.61 Å². The number of carbonyl (C=O) groups is 2. The van der Waals surface area contributed by atoms with E-state index in [9.17, 15) is 9.59 Å². The lowest BCUT2D eigenvalue weighted by atomic mass is 10.2. The molecule has 0 radical (unpaired) electrons. The third-order valence-electron chi connectivity index (χ3n) is 4.10. The van der Waals surface area contributed by atoms with Gasteiger partial charge in [-0.2, -0.15) is 5.10 Å². The zero-order valence-electron chi connectivity index (χ0n) is 16.5. The summed E-state index contributed by atoms with van der Waals surface area (Å²) in [4.78, 5) is 23.7. The van der Waals surface area contributed by atoms with Gasteiger partial charge in [-0.15, -0.1) is 0 Å². The molecule has 3 rings (SSSR count). The molecule has 0 aliphatic carbocycles. The van der Waals surface area contributed by atoms with Crippen molar-refractivity contribution in [1.29, 1.82) is 0 Å². The van der Waals surface area contributed by atoms with Gasteiger partial charge in [-0.3, -0.25) is 10.1 Å². The number of aromatic nitrogens is 3. The standard InChI is InChI=1S/C20H17Cl3N4O4/c1-11-8-18(31-26-11)24-17(28)10-30-19(29)7-6-13-12(2)25-27(20(13)23)9-14-15(21)4-3-5-16(14)22/h3-8H,9-10H2,1-2H3,(H,24,28). The maximum absolute atomic E-state index is 12.0. The van der Waals surface area contributed by atoms with Crippen LogP contribution in [0.5, 0.6) is 0 Å². The first-order chi connectivity index (χ1) is 14.7. The van der Waals surface area contributed by atoms with E-state index in [0.717, 1.165) is 6.08 Å². The maximum Gasteiger partial charge on any atom is 0.331 e. The third-order valence-corrected chi connectivity index (χ3v) is 5.21. The maximum atomic E-state index is 12.0. The fourth-order valence-corrected chi connectivity index (χ4v) is 3.44. The number of rotatable bonds is 7. The molecule has 2 aromatic heterocycles. The van der Waals surface area contributed by atoms with Gasteiger partial charge in [-0.05, 0) is 32.1 Å². The summed E-state index contributed by atoms with van der Waals surface area (Å²) in [6, 6.07) is 6.74. The molecule has 11 heteroatoms. The molecule has 2 heterocycles. The Hall–Kier alpha value is -2.81. The molecule has 31 heavy (non-hydrogen) atoms. The molecule has 0 fully saturated rings. The van der Waals surface area contributed by atoms with Gasteiger partial charge >= 0.3 is 5.97 Å². The van der Waals surface area contributed by atoms with Crippen LogP contribution in [0, 0.1) is 13.8 Å². The predicted molar refractivity (Wildman–Crippen MR) is 117 cm³/mol. The van der Waals surface area contributed by atoms with Crippen LogP contribution >= 0.6 is 34.8 Å². The first-order valence-corrected chi connectivity index (χ1v) is 10.1. The lowest BCUT2D eigenvalue weighted by Gasteiger charge is -2.08. The number of aryl methyl sites for hydroxylation is 2. The van der Waals surface area contributed by atoms with Crippen molar-refractivity contribution in [3.8, 4) is 0 Å². The van der Waals surface area contributed by atoms with Crippen LogP contribution in [0.15, 0.2) is 34.9 Å². The Balaban J connectivity index is 1.61. The van der Waals surface area contributed by atoms with Crippen molar-refractivity contribution in [3.05, 3.63) is 68.1 Å². The molecule has 162 valence electrons. The summed E-state index contributed by atoms with van der Waals surface area (Å²) in [5.74, 6) is -1.11. The van der Waals surface area contributed by atoms with Crippen LogP contribution in [-0.4, -0.2) is 33.4 Å². The highest BCUT2D eigenvalue weighted by atomic mass is 35.5. The van der Waals surface area contributed by atoms with Crippen LogP contribution in [0.25, 0.3) is 6.08 Å². The zero-order chi connectivity index (χ0) is 22.5. The van der Waals surface area contributed by atoms with Gasteiger partial charge in [0.1, 0.15) is 5.15 Å². The number of amides is 1. The van der Waals surface area contributed by atoms with Crippen LogP contribution in [0.4, 0.5) is 5.88 Å². The van der Waals surface area contributed by atoms with Crippen molar-refractivity contribution in [2.24, 2.45) is 0 Å². The summed E-state index contributed by atoms with van der Waals surface area (Å²) < 4.78 is 11.3. The smallest absolute Gasteiger partial charge is 0.331 e. The zero-order valence-corrected chi connectivity index (χ0v) is 18.8. The van der Waals surface area contributed by atoms with E-state index in [1.807, 2.05) is 0 Å². The molecule has 0 saturated carbocycles. The second-order valence-electron chi connectivity index (χ2n) is 6.47. The monoisotopic (exact) mass is 482 g/mol. The number of nitrogens with zero attached hydrogens (tertiary/aromatic N) is 3. The molecule has 0 spiro atoms. The minimum Gasteiger partial charge on any atom is -0.452 e. The molecule has 0 aliphatic rings. The summed E-state index contributed by atoms with van der Waals surface area (Å²) in [6.45, 7) is 3.23. The molecule has 0 aliphatic heterocycles. The van der Waals surface area contributed by atoms with E-state index in [4.69, 9.17) is 44.1 Å². The minimum absolute atomic E-state index is 0.169. The van der Waals surface area contributed by atoms with Crippen LogP contribution < -0.4 is 5.32 Å². The average Bonchev–Trinajstić information content (AvgIpc) is 3.23. The number of ether oxygens (including phenoxy) is 1. The molecule has 1 aromatic carbocycles. The Morgan fingerprint density at radius 1 is 1.23 bits per heavy atom. The highest BCUT2D eigenvalue weighted by Gasteiger charge is 2.15. The number of anilines is 1. The van der Waals surface area contributed by atoms with Crippen LogP contribution in [-0.2, 0) is 20.9 Å². The Labute approximate surface area is 192 Å². The minimum atomic E-state index is -0.721. The fraction of sp³-hybridized carbons (Fsp3) is 0.200. The molecule has 3 aromatic rings. The van der Waals surface area contributed by atoms with E-state index >= 15 is 0 Å². The topological polar surface area (TPSA) is 99.2 Å².